The number of aromatic nitrogens is 2. The molecule has 0 radical (unpaired) electrons. The van der Waals surface area contributed by atoms with Crippen molar-refractivity contribution < 1.29 is 4.74 Å². The molecule has 2 heterocycles. The van der Waals surface area contributed by atoms with E-state index in [9.17, 15) is 0 Å². The lowest BCUT2D eigenvalue weighted by Crippen LogP contribution is -2.56. The second-order valence-corrected chi connectivity index (χ2v) is 8.19. The van der Waals surface area contributed by atoms with Crippen LogP contribution in [-0.4, -0.2) is 78.5 Å². The molecule has 1 atom stereocenters. The van der Waals surface area contributed by atoms with E-state index in [-0.39, 0.29) is 11.6 Å². The number of hydrogen-bond donors (Lipinski definition) is 1. The predicted octanol–water partition coefficient (Wildman–Crippen LogP) is 2.02. The van der Waals surface area contributed by atoms with Gasteiger partial charge in [-0.15, -0.1) is 0 Å². The van der Waals surface area contributed by atoms with Crippen molar-refractivity contribution in [1.82, 2.24) is 24.9 Å². The molecule has 1 aliphatic heterocycles. The van der Waals surface area contributed by atoms with Gasteiger partial charge in [0.1, 0.15) is 6.10 Å². The fraction of sp³-hybridized carbons (Fsp3) is 0.800. The van der Waals surface area contributed by atoms with E-state index in [0.717, 1.165) is 31.2 Å². The largest absolute Gasteiger partial charge is 0.370 e. The summed E-state index contributed by atoms with van der Waals surface area (Å²) in [5, 5.41) is 7.98. The number of hydrogen-bond acceptors (Lipinski definition) is 4. The third-order valence-corrected chi connectivity index (χ3v) is 6.23. The molecule has 152 valence electrons. The van der Waals surface area contributed by atoms with Gasteiger partial charge in [-0.25, -0.2) is 0 Å². The van der Waals surface area contributed by atoms with Crippen LogP contribution in [0.2, 0.25) is 0 Å². The van der Waals surface area contributed by atoms with Gasteiger partial charge < -0.3 is 19.9 Å². The van der Waals surface area contributed by atoms with Crippen LogP contribution in [0.1, 0.15) is 50.2 Å². The van der Waals surface area contributed by atoms with Crippen molar-refractivity contribution in [2.75, 3.05) is 47.4 Å². The number of aryl methyl sites for hydroxylation is 1. The molecule has 1 saturated heterocycles. The minimum absolute atomic E-state index is 0.0479. The molecule has 27 heavy (non-hydrogen) atoms. The van der Waals surface area contributed by atoms with Gasteiger partial charge in [0.25, 0.3) is 0 Å². The quantitative estimate of drug-likeness (QED) is 0.495. The summed E-state index contributed by atoms with van der Waals surface area (Å²) in [5.41, 5.74) is 1.35. The maximum Gasteiger partial charge on any atom is 0.193 e. The zero-order valence-corrected chi connectivity index (χ0v) is 17.4. The lowest BCUT2D eigenvalue weighted by Gasteiger charge is -2.41. The Morgan fingerprint density at radius 3 is 2.67 bits per heavy atom. The number of nitrogens with zero attached hydrogens (tertiary/aromatic N) is 5. The fourth-order valence-corrected chi connectivity index (χ4v) is 4.39. The van der Waals surface area contributed by atoms with Crippen LogP contribution < -0.4 is 5.32 Å². The monoisotopic (exact) mass is 376 g/mol. The zero-order chi connectivity index (χ0) is 19.3. The molecule has 1 aromatic heterocycles. The predicted molar refractivity (Wildman–Crippen MR) is 109 cm³/mol. The molecule has 0 bridgehead atoms. The fourth-order valence-electron chi connectivity index (χ4n) is 4.39. The molecule has 2 fully saturated rings. The van der Waals surface area contributed by atoms with Crippen LogP contribution in [0.4, 0.5) is 0 Å². The molecular weight excluding hydrogens is 340 g/mol. The maximum atomic E-state index is 5.99. The van der Waals surface area contributed by atoms with Gasteiger partial charge in [0.2, 0.25) is 0 Å². The lowest BCUT2D eigenvalue weighted by atomic mass is 9.88. The molecule has 1 N–H and O–H groups in total. The van der Waals surface area contributed by atoms with E-state index in [2.05, 4.69) is 39.3 Å². The van der Waals surface area contributed by atoms with Crippen molar-refractivity contribution >= 4 is 5.96 Å². The molecule has 1 aliphatic carbocycles. The lowest BCUT2D eigenvalue weighted by molar-refractivity contribution is -0.00835. The summed E-state index contributed by atoms with van der Waals surface area (Å²) >= 11 is 0. The van der Waals surface area contributed by atoms with E-state index in [1.165, 1.54) is 38.5 Å². The summed E-state index contributed by atoms with van der Waals surface area (Å²) in [7, 11) is 8.27. The molecule has 0 spiro atoms. The summed E-state index contributed by atoms with van der Waals surface area (Å²) in [6.45, 7) is 3.33. The number of morpholine rings is 1. The average Bonchev–Trinajstić information content (AvgIpc) is 2.96. The highest BCUT2D eigenvalue weighted by molar-refractivity contribution is 5.80. The number of ether oxygens (including phenoxy) is 1. The van der Waals surface area contributed by atoms with Crippen LogP contribution in [0, 0.1) is 0 Å². The molecule has 2 aliphatic rings. The molecule has 1 aromatic rings. The number of rotatable bonds is 4. The molecule has 1 unspecified atom stereocenters. The molecule has 7 heteroatoms. The van der Waals surface area contributed by atoms with Gasteiger partial charge in [0.15, 0.2) is 5.96 Å². The summed E-state index contributed by atoms with van der Waals surface area (Å²) < 4.78 is 7.82. The Balaban J connectivity index is 1.64. The topological polar surface area (TPSA) is 57.9 Å². The minimum atomic E-state index is 0.0479. The van der Waals surface area contributed by atoms with E-state index >= 15 is 0 Å². The minimum Gasteiger partial charge on any atom is -0.370 e. The van der Waals surface area contributed by atoms with Gasteiger partial charge in [-0.2, -0.15) is 5.10 Å². The molecule has 0 amide bonds. The number of guanidine groups is 1. The van der Waals surface area contributed by atoms with Crippen LogP contribution in [0.15, 0.2) is 17.4 Å². The number of likely N-dealkylation sites (N-methyl/N-ethyl adjacent to an activating group) is 1. The Labute approximate surface area is 163 Å². The first-order valence-corrected chi connectivity index (χ1v) is 10.3. The molecule has 1 saturated carbocycles. The SMILES string of the molecule is CN=C(NCC1(N(C)C)CCCCCC1)N1CCOC(c2cnn(C)c2)C1. The van der Waals surface area contributed by atoms with Crippen molar-refractivity contribution in [3.8, 4) is 0 Å². The highest BCUT2D eigenvalue weighted by atomic mass is 16.5. The summed E-state index contributed by atoms with van der Waals surface area (Å²) in [5.74, 6) is 0.984. The molecular formula is C20H36N6O. The Morgan fingerprint density at radius 1 is 1.33 bits per heavy atom. The van der Waals surface area contributed by atoms with E-state index < -0.39 is 0 Å². The van der Waals surface area contributed by atoms with E-state index in [1.807, 2.05) is 31.2 Å². The third-order valence-electron chi connectivity index (χ3n) is 6.23. The standard InChI is InChI=1S/C20H36N6O/c1-21-19(22-16-20(24(2)3)9-7-5-6-8-10-20)26-11-12-27-18(15-26)17-13-23-25(4)14-17/h13-14,18H,5-12,15-16H2,1-4H3,(H,21,22). The van der Waals surface area contributed by atoms with Gasteiger partial charge in [-0.3, -0.25) is 9.67 Å². The first kappa shape index (κ1) is 20.1. The van der Waals surface area contributed by atoms with E-state index in [1.54, 1.807) is 0 Å². The smallest absolute Gasteiger partial charge is 0.193 e. The van der Waals surface area contributed by atoms with Gasteiger partial charge in [0, 0.05) is 44.5 Å². The van der Waals surface area contributed by atoms with Crippen molar-refractivity contribution in [1.29, 1.82) is 0 Å². The zero-order valence-electron chi connectivity index (χ0n) is 17.4. The van der Waals surface area contributed by atoms with Crippen molar-refractivity contribution in [3.63, 3.8) is 0 Å². The Morgan fingerprint density at radius 2 is 2.07 bits per heavy atom. The first-order chi connectivity index (χ1) is 13.0. The second-order valence-electron chi connectivity index (χ2n) is 8.19. The molecule has 3 rings (SSSR count). The van der Waals surface area contributed by atoms with Crippen molar-refractivity contribution in [2.24, 2.45) is 12.0 Å². The summed E-state index contributed by atoms with van der Waals surface area (Å²) in [6, 6.07) is 0. The molecule has 0 aromatic carbocycles. The Kier molecular flexibility index (Phi) is 6.76. The van der Waals surface area contributed by atoms with Crippen LogP contribution in [0.25, 0.3) is 0 Å². The van der Waals surface area contributed by atoms with Gasteiger partial charge in [-0.1, -0.05) is 25.7 Å². The van der Waals surface area contributed by atoms with E-state index in [0.29, 0.717) is 6.61 Å². The van der Waals surface area contributed by atoms with Gasteiger partial charge >= 0.3 is 0 Å². The van der Waals surface area contributed by atoms with E-state index in [4.69, 9.17) is 4.74 Å². The molecule has 7 nitrogen and oxygen atoms in total. The summed E-state index contributed by atoms with van der Waals surface area (Å²) in [6.07, 6.45) is 11.9. The van der Waals surface area contributed by atoms with Crippen LogP contribution in [-0.2, 0) is 11.8 Å². The van der Waals surface area contributed by atoms with Crippen LogP contribution in [0.3, 0.4) is 0 Å². The maximum absolute atomic E-state index is 5.99. The van der Waals surface area contributed by atoms with Gasteiger partial charge in [-0.05, 0) is 26.9 Å². The van der Waals surface area contributed by atoms with Crippen LogP contribution >= 0.6 is 0 Å². The average molecular weight is 377 g/mol. The van der Waals surface area contributed by atoms with Crippen molar-refractivity contribution in [2.45, 2.75) is 50.2 Å². The van der Waals surface area contributed by atoms with Crippen LogP contribution in [0.5, 0.6) is 0 Å². The van der Waals surface area contributed by atoms with Crippen molar-refractivity contribution in [3.05, 3.63) is 18.0 Å². The second kappa shape index (κ2) is 9.06. The normalized spacial score (nSPS) is 24.1. The third kappa shape index (κ3) is 4.82. The first-order valence-electron chi connectivity index (χ1n) is 10.3. The number of aliphatic imine (C=N–C) groups is 1. The summed E-state index contributed by atoms with van der Waals surface area (Å²) in [4.78, 5) is 9.33. The highest BCUT2D eigenvalue weighted by Crippen LogP contribution is 2.30. The Hall–Kier alpha value is -1.60. The Bertz CT molecular complexity index is 618. The number of nitrogens with one attached hydrogen (secondary N) is 1. The van der Waals surface area contributed by atoms with Gasteiger partial charge in [0.05, 0.1) is 19.3 Å². The highest BCUT2D eigenvalue weighted by Gasteiger charge is 2.34.